The van der Waals surface area contributed by atoms with Crippen LogP contribution in [0.4, 0.5) is 4.39 Å². The first kappa shape index (κ1) is 11.6. The van der Waals surface area contributed by atoms with Crippen molar-refractivity contribution in [2.24, 2.45) is 5.92 Å². The molecule has 2 unspecified atom stereocenters. The minimum Gasteiger partial charge on any atom is -0.314 e. The summed E-state index contributed by atoms with van der Waals surface area (Å²) in [6.07, 6.45) is 2.47. The minimum absolute atomic E-state index is 0.111. The Morgan fingerprint density at radius 1 is 1.38 bits per heavy atom. The molecule has 1 N–H and O–H groups in total. The molecule has 1 aromatic rings. The number of benzene rings is 1. The van der Waals surface area contributed by atoms with E-state index in [-0.39, 0.29) is 5.82 Å². The molecule has 0 bridgehead atoms. The summed E-state index contributed by atoms with van der Waals surface area (Å²) in [6.45, 7) is 5.38. The Hall–Kier alpha value is -0.890. The molecule has 0 amide bonds. The second kappa shape index (κ2) is 4.96. The molecule has 1 saturated carbocycles. The van der Waals surface area contributed by atoms with Crippen molar-refractivity contribution in [2.45, 2.75) is 38.6 Å². The zero-order valence-electron chi connectivity index (χ0n) is 10.0. The predicted octanol–water partition coefficient (Wildman–Crippen LogP) is 3.32. The monoisotopic (exact) mass is 221 g/mol. The highest BCUT2D eigenvalue weighted by Gasteiger charge is 2.31. The lowest BCUT2D eigenvalue weighted by Gasteiger charge is -2.37. The highest BCUT2D eigenvalue weighted by Crippen LogP contribution is 2.42. The molecule has 0 aliphatic heterocycles. The molecule has 1 fully saturated rings. The fraction of sp³-hybridized carbons (Fsp3) is 0.571. The molecule has 2 atom stereocenters. The molecule has 2 heteroatoms. The second-order valence-electron chi connectivity index (χ2n) is 5.06. The van der Waals surface area contributed by atoms with E-state index < -0.39 is 0 Å². The van der Waals surface area contributed by atoms with Crippen LogP contribution in [0.3, 0.4) is 0 Å². The van der Waals surface area contributed by atoms with Crippen molar-refractivity contribution in [1.82, 2.24) is 5.32 Å². The molecular weight excluding hydrogens is 201 g/mol. The third-order valence-corrected chi connectivity index (χ3v) is 3.48. The number of rotatable bonds is 4. The van der Waals surface area contributed by atoms with E-state index in [0.717, 1.165) is 6.54 Å². The summed E-state index contributed by atoms with van der Waals surface area (Å²) < 4.78 is 13.1. The van der Waals surface area contributed by atoms with E-state index in [1.54, 1.807) is 6.07 Å². The summed E-state index contributed by atoms with van der Waals surface area (Å²) in [5.74, 6) is 1.13. The number of halogens is 1. The molecular formula is C14H20FN. The standard InChI is InChI=1S/C14H20FN/c1-10(2)16-9-12-6-7-14(12)11-4-3-5-13(15)8-11/h3-5,8,10,12,14,16H,6-7,9H2,1-2H3. The van der Waals surface area contributed by atoms with Crippen molar-refractivity contribution in [3.05, 3.63) is 35.6 Å². The zero-order chi connectivity index (χ0) is 11.5. The van der Waals surface area contributed by atoms with Gasteiger partial charge in [-0.1, -0.05) is 26.0 Å². The Morgan fingerprint density at radius 2 is 2.19 bits per heavy atom. The van der Waals surface area contributed by atoms with E-state index in [1.807, 2.05) is 6.07 Å². The predicted molar refractivity (Wildman–Crippen MR) is 65.0 cm³/mol. The maximum absolute atomic E-state index is 13.1. The first-order valence-electron chi connectivity index (χ1n) is 6.15. The summed E-state index contributed by atoms with van der Waals surface area (Å²) in [5.41, 5.74) is 1.17. The van der Waals surface area contributed by atoms with Gasteiger partial charge < -0.3 is 5.32 Å². The zero-order valence-corrected chi connectivity index (χ0v) is 10.0. The fourth-order valence-corrected chi connectivity index (χ4v) is 2.38. The smallest absolute Gasteiger partial charge is 0.123 e. The van der Waals surface area contributed by atoms with Crippen molar-refractivity contribution in [3.63, 3.8) is 0 Å². The van der Waals surface area contributed by atoms with Crippen LogP contribution in [-0.2, 0) is 0 Å². The maximum atomic E-state index is 13.1. The largest absolute Gasteiger partial charge is 0.314 e. The molecule has 2 rings (SSSR count). The summed E-state index contributed by atoms with van der Waals surface area (Å²) in [7, 11) is 0. The van der Waals surface area contributed by atoms with E-state index in [2.05, 4.69) is 25.2 Å². The molecule has 0 aromatic heterocycles. The number of hydrogen-bond acceptors (Lipinski definition) is 1. The number of nitrogens with one attached hydrogen (secondary N) is 1. The van der Waals surface area contributed by atoms with Crippen molar-refractivity contribution >= 4 is 0 Å². The van der Waals surface area contributed by atoms with Gasteiger partial charge in [-0.15, -0.1) is 0 Å². The molecule has 16 heavy (non-hydrogen) atoms. The van der Waals surface area contributed by atoms with Gasteiger partial charge in [0.05, 0.1) is 0 Å². The van der Waals surface area contributed by atoms with Crippen molar-refractivity contribution < 1.29 is 4.39 Å². The van der Waals surface area contributed by atoms with Crippen LogP contribution in [0.15, 0.2) is 24.3 Å². The van der Waals surface area contributed by atoms with Crippen molar-refractivity contribution in [2.75, 3.05) is 6.54 Å². The van der Waals surface area contributed by atoms with Gasteiger partial charge in [-0.25, -0.2) is 4.39 Å². The molecule has 0 heterocycles. The molecule has 0 saturated heterocycles. The molecule has 1 nitrogen and oxygen atoms in total. The van der Waals surface area contributed by atoms with Crippen LogP contribution in [0.25, 0.3) is 0 Å². The van der Waals surface area contributed by atoms with E-state index in [9.17, 15) is 4.39 Å². The van der Waals surface area contributed by atoms with Crippen molar-refractivity contribution in [3.8, 4) is 0 Å². The fourth-order valence-electron chi connectivity index (χ4n) is 2.38. The molecule has 1 aliphatic rings. The van der Waals surface area contributed by atoms with Crippen LogP contribution in [0.5, 0.6) is 0 Å². The average molecular weight is 221 g/mol. The Kier molecular flexibility index (Phi) is 3.59. The second-order valence-corrected chi connectivity index (χ2v) is 5.06. The lowest BCUT2D eigenvalue weighted by Crippen LogP contribution is -2.36. The summed E-state index contributed by atoms with van der Waals surface area (Å²) >= 11 is 0. The van der Waals surface area contributed by atoms with Crippen LogP contribution in [0, 0.1) is 11.7 Å². The molecule has 1 aliphatic carbocycles. The van der Waals surface area contributed by atoms with Crippen LogP contribution < -0.4 is 5.32 Å². The Morgan fingerprint density at radius 3 is 2.75 bits per heavy atom. The minimum atomic E-state index is -0.111. The third-order valence-electron chi connectivity index (χ3n) is 3.48. The van der Waals surface area contributed by atoms with Gasteiger partial charge in [0.15, 0.2) is 0 Å². The highest BCUT2D eigenvalue weighted by molar-refractivity contribution is 5.23. The molecule has 0 spiro atoms. The lowest BCUT2D eigenvalue weighted by molar-refractivity contribution is 0.240. The Balaban J connectivity index is 1.95. The Bertz CT molecular complexity index is 348. The van der Waals surface area contributed by atoms with Gasteiger partial charge in [-0.2, -0.15) is 0 Å². The topological polar surface area (TPSA) is 12.0 Å². The lowest BCUT2D eigenvalue weighted by atomic mass is 9.70. The van der Waals surface area contributed by atoms with Gasteiger partial charge in [0, 0.05) is 6.04 Å². The average Bonchev–Trinajstić information content (AvgIpc) is 2.15. The van der Waals surface area contributed by atoms with E-state index in [1.165, 1.54) is 24.5 Å². The maximum Gasteiger partial charge on any atom is 0.123 e. The van der Waals surface area contributed by atoms with E-state index in [4.69, 9.17) is 0 Å². The van der Waals surface area contributed by atoms with Gasteiger partial charge in [0.2, 0.25) is 0 Å². The molecule has 1 aromatic carbocycles. The van der Waals surface area contributed by atoms with Crippen molar-refractivity contribution in [1.29, 1.82) is 0 Å². The molecule has 88 valence electrons. The first-order chi connectivity index (χ1) is 7.66. The van der Waals surface area contributed by atoms with Crippen LogP contribution >= 0.6 is 0 Å². The summed E-state index contributed by atoms with van der Waals surface area (Å²) in [6, 6.07) is 7.61. The van der Waals surface area contributed by atoms with E-state index >= 15 is 0 Å². The first-order valence-corrected chi connectivity index (χ1v) is 6.15. The quantitative estimate of drug-likeness (QED) is 0.822. The summed E-state index contributed by atoms with van der Waals surface area (Å²) in [5, 5.41) is 3.47. The van der Waals surface area contributed by atoms with Gasteiger partial charge in [0.1, 0.15) is 5.82 Å². The molecule has 0 radical (unpaired) electrons. The van der Waals surface area contributed by atoms with E-state index in [0.29, 0.717) is 17.9 Å². The van der Waals surface area contributed by atoms with Gasteiger partial charge in [0.25, 0.3) is 0 Å². The van der Waals surface area contributed by atoms with Gasteiger partial charge >= 0.3 is 0 Å². The Labute approximate surface area is 97.1 Å². The number of hydrogen-bond donors (Lipinski definition) is 1. The van der Waals surface area contributed by atoms with Crippen LogP contribution in [0.2, 0.25) is 0 Å². The normalized spacial score (nSPS) is 24.5. The van der Waals surface area contributed by atoms with Crippen LogP contribution in [-0.4, -0.2) is 12.6 Å². The highest BCUT2D eigenvalue weighted by atomic mass is 19.1. The van der Waals surface area contributed by atoms with Gasteiger partial charge in [-0.3, -0.25) is 0 Å². The van der Waals surface area contributed by atoms with Gasteiger partial charge in [-0.05, 0) is 48.9 Å². The van der Waals surface area contributed by atoms with Crippen LogP contribution in [0.1, 0.15) is 38.2 Å². The third kappa shape index (κ3) is 2.62. The summed E-state index contributed by atoms with van der Waals surface area (Å²) in [4.78, 5) is 0. The SMILES string of the molecule is CC(C)NCC1CCC1c1cccc(F)c1.